The summed E-state index contributed by atoms with van der Waals surface area (Å²) in [5.74, 6) is 2.32. The van der Waals surface area contributed by atoms with Crippen LogP contribution in [0.3, 0.4) is 0 Å². The minimum Gasteiger partial charge on any atom is -0.494 e. The normalized spacial score (nSPS) is 16.3. The molecule has 3 heterocycles. The van der Waals surface area contributed by atoms with Crippen LogP contribution in [0.25, 0.3) is 11.3 Å². The SMILES string of the molecule is CCOc1ccc(-c2ccc([C@H]3[C@@H](c4ccccn4)NC(=S)N3c3ccc(Sc4ccc([N+](=O)[O-])cc4)cc3)o2)cc1. The van der Waals surface area contributed by atoms with E-state index in [1.54, 1.807) is 18.3 Å². The van der Waals surface area contributed by atoms with Gasteiger partial charge in [-0.25, -0.2) is 0 Å². The van der Waals surface area contributed by atoms with Crippen molar-refractivity contribution >= 4 is 40.5 Å². The van der Waals surface area contributed by atoms with Crippen molar-refractivity contribution < 1.29 is 14.1 Å². The molecule has 1 saturated heterocycles. The van der Waals surface area contributed by atoms with Crippen molar-refractivity contribution in [3.8, 4) is 17.1 Å². The Hall–Kier alpha value is -4.67. The molecular weight excluding hydrogens is 569 g/mol. The van der Waals surface area contributed by atoms with Gasteiger partial charge in [-0.3, -0.25) is 15.1 Å². The van der Waals surface area contributed by atoms with E-state index in [9.17, 15) is 10.1 Å². The molecule has 0 saturated carbocycles. The molecular formula is C32H26N4O4S2. The van der Waals surface area contributed by atoms with E-state index < -0.39 is 4.92 Å². The van der Waals surface area contributed by atoms with E-state index in [0.717, 1.165) is 44.0 Å². The molecule has 210 valence electrons. The van der Waals surface area contributed by atoms with Gasteiger partial charge < -0.3 is 19.4 Å². The highest BCUT2D eigenvalue weighted by Gasteiger charge is 2.42. The maximum absolute atomic E-state index is 11.0. The Balaban J connectivity index is 1.30. The number of ether oxygens (including phenoxy) is 1. The van der Waals surface area contributed by atoms with Crippen LogP contribution in [0.1, 0.15) is 30.5 Å². The Morgan fingerprint density at radius 2 is 1.69 bits per heavy atom. The Bertz CT molecular complexity index is 1690. The number of benzene rings is 3. The van der Waals surface area contributed by atoms with E-state index >= 15 is 0 Å². The first kappa shape index (κ1) is 27.5. The van der Waals surface area contributed by atoms with Gasteiger partial charge in [0.2, 0.25) is 0 Å². The summed E-state index contributed by atoms with van der Waals surface area (Å²) in [6.45, 7) is 2.57. The predicted molar refractivity (Wildman–Crippen MR) is 167 cm³/mol. The second kappa shape index (κ2) is 12.1. The quantitative estimate of drug-likeness (QED) is 0.104. The van der Waals surface area contributed by atoms with Crippen molar-refractivity contribution in [3.63, 3.8) is 0 Å². The number of pyridine rings is 1. The summed E-state index contributed by atoms with van der Waals surface area (Å²) in [6.07, 6.45) is 1.78. The largest absolute Gasteiger partial charge is 0.494 e. The first-order chi connectivity index (χ1) is 20.5. The molecule has 8 nitrogen and oxygen atoms in total. The molecule has 3 aromatic carbocycles. The minimum atomic E-state index is -0.398. The van der Waals surface area contributed by atoms with Gasteiger partial charge in [0, 0.05) is 39.4 Å². The number of hydrogen-bond acceptors (Lipinski definition) is 7. The Kier molecular flexibility index (Phi) is 7.89. The summed E-state index contributed by atoms with van der Waals surface area (Å²) in [7, 11) is 0. The number of nitro groups is 1. The van der Waals surface area contributed by atoms with Gasteiger partial charge in [0.25, 0.3) is 5.69 Å². The predicted octanol–water partition coefficient (Wildman–Crippen LogP) is 7.98. The van der Waals surface area contributed by atoms with Crippen LogP contribution in [0.15, 0.2) is 124 Å². The average molecular weight is 595 g/mol. The molecule has 0 amide bonds. The second-order valence-corrected chi connectivity index (χ2v) is 11.0. The van der Waals surface area contributed by atoms with Crippen molar-refractivity contribution in [2.45, 2.75) is 28.8 Å². The third-order valence-corrected chi connectivity index (χ3v) is 8.19. The van der Waals surface area contributed by atoms with Crippen molar-refractivity contribution in [3.05, 3.63) is 131 Å². The molecule has 1 aliphatic heterocycles. The molecule has 0 bridgehead atoms. The third kappa shape index (κ3) is 5.72. The smallest absolute Gasteiger partial charge is 0.269 e. The van der Waals surface area contributed by atoms with E-state index in [1.807, 2.05) is 85.8 Å². The van der Waals surface area contributed by atoms with Gasteiger partial charge in [-0.15, -0.1) is 0 Å². The topological polar surface area (TPSA) is 93.7 Å². The van der Waals surface area contributed by atoms with Gasteiger partial charge >= 0.3 is 0 Å². The number of hydrogen-bond donors (Lipinski definition) is 1. The summed E-state index contributed by atoms with van der Waals surface area (Å²) in [5, 5.41) is 15.0. The first-order valence-corrected chi connectivity index (χ1v) is 14.6. The molecule has 2 aromatic heterocycles. The summed E-state index contributed by atoms with van der Waals surface area (Å²) < 4.78 is 12.1. The fourth-order valence-corrected chi connectivity index (χ4v) is 6.08. The Labute approximate surface area is 252 Å². The lowest BCUT2D eigenvalue weighted by Gasteiger charge is -2.26. The molecule has 42 heavy (non-hydrogen) atoms. The lowest BCUT2D eigenvalue weighted by Crippen LogP contribution is -2.29. The monoisotopic (exact) mass is 594 g/mol. The van der Waals surface area contributed by atoms with Crippen LogP contribution < -0.4 is 15.0 Å². The van der Waals surface area contributed by atoms with Crippen molar-refractivity contribution in [1.29, 1.82) is 0 Å². The molecule has 2 atom stereocenters. The number of nitro benzene ring substituents is 1. The van der Waals surface area contributed by atoms with Crippen LogP contribution in [0.4, 0.5) is 11.4 Å². The van der Waals surface area contributed by atoms with Crippen LogP contribution in [0.2, 0.25) is 0 Å². The highest BCUT2D eigenvalue weighted by Crippen LogP contribution is 2.43. The van der Waals surface area contributed by atoms with Gasteiger partial charge in [-0.1, -0.05) is 17.8 Å². The lowest BCUT2D eigenvalue weighted by molar-refractivity contribution is -0.384. The van der Waals surface area contributed by atoms with E-state index in [1.165, 1.54) is 23.9 Å². The number of non-ortho nitro benzene ring substituents is 1. The summed E-state index contributed by atoms with van der Waals surface area (Å²) in [6, 6.07) is 31.7. The van der Waals surface area contributed by atoms with E-state index in [-0.39, 0.29) is 17.8 Å². The lowest BCUT2D eigenvalue weighted by atomic mass is 10.0. The van der Waals surface area contributed by atoms with Gasteiger partial charge in [0.05, 0.1) is 23.3 Å². The van der Waals surface area contributed by atoms with Crippen LogP contribution in [-0.2, 0) is 0 Å². The molecule has 6 rings (SSSR count). The van der Waals surface area contributed by atoms with Crippen LogP contribution in [0.5, 0.6) is 5.75 Å². The molecule has 0 spiro atoms. The fraction of sp³-hybridized carbons (Fsp3) is 0.125. The standard InChI is InChI=1S/C32H26N4O4S2/c1-2-39-24-12-6-21(7-13-24)28-18-19-29(40-28)31-30(27-5-3-4-20-33-27)34-32(41)35(31)22-8-14-25(15-9-22)42-26-16-10-23(11-17-26)36(37)38/h3-20,30-31H,2H2,1H3,(H,34,41)/t30-,31+/m1/s1. The Morgan fingerprint density at radius 1 is 0.976 bits per heavy atom. The minimum absolute atomic E-state index is 0.0712. The fourth-order valence-electron chi connectivity index (χ4n) is 4.92. The molecule has 0 radical (unpaired) electrons. The Morgan fingerprint density at radius 3 is 2.33 bits per heavy atom. The zero-order valence-electron chi connectivity index (χ0n) is 22.5. The van der Waals surface area contributed by atoms with Crippen molar-refractivity contribution in [2.75, 3.05) is 11.5 Å². The number of anilines is 1. The molecule has 5 aromatic rings. The van der Waals surface area contributed by atoms with Gasteiger partial charge in [-0.05, 0) is 104 Å². The molecule has 1 fully saturated rings. The maximum atomic E-state index is 11.0. The van der Waals surface area contributed by atoms with Gasteiger partial charge in [0.1, 0.15) is 23.3 Å². The second-order valence-electron chi connectivity index (χ2n) is 9.50. The summed E-state index contributed by atoms with van der Waals surface area (Å²) in [5.41, 5.74) is 2.79. The number of nitrogens with zero attached hydrogens (tertiary/aromatic N) is 3. The summed E-state index contributed by atoms with van der Waals surface area (Å²) >= 11 is 7.39. The molecule has 0 aliphatic carbocycles. The summed E-state index contributed by atoms with van der Waals surface area (Å²) in [4.78, 5) is 19.2. The molecule has 0 unspecified atom stereocenters. The zero-order valence-corrected chi connectivity index (χ0v) is 24.2. The third-order valence-electron chi connectivity index (χ3n) is 6.86. The van der Waals surface area contributed by atoms with Gasteiger partial charge in [0.15, 0.2) is 5.11 Å². The molecule has 1 N–H and O–H groups in total. The maximum Gasteiger partial charge on any atom is 0.269 e. The highest BCUT2D eigenvalue weighted by atomic mass is 32.2. The number of rotatable bonds is 9. The number of aromatic nitrogens is 1. The van der Waals surface area contributed by atoms with Crippen LogP contribution >= 0.6 is 24.0 Å². The van der Waals surface area contributed by atoms with Crippen LogP contribution in [-0.4, -0.2) is 21.6 Å². The van der Waals surface area contributed by atoms with E-state index in [4.69, 9.17) is 21.4 Å². The molecule has 1 aliphatic rings. The molecule has 10 heteroatoms. The van der Waals surface area contributed by atoms with E-state index in [2.05, 4.69) is 15.2 Å². The number of thiocarbonyl (C=S) groups is 1. The van der Waals surface area contributed by atoms with Crippen molar-refractivity contribution in [1.82, 2.24) is 10.3 Å². The zero-order chi connectivity index (χ0) is 29.1. The average Bonchev–Trinajstić information content (AvgIpc) is 3.64. The van der Waals surface area contributed by atoms with Crippen LogP contribution in [0, 0.1) is 10.1 Å². The van der Waals surface area contributed by atoms with E-state index in [0.29, 0.717) is 11.7 Å². The number of nitrogens with one attached hydrogen (secondary N) is 1. The van der Waals surface area contributed by atoms with Gasteiger partial charge in [-0.2, -0.15) is 0 Å². The first-order valence-electron chi connectivity index (χ1n) is 13.4. The van der Waals surface area contributed by atoms with Crippen molar-refractivity contribution in [2.24, 2.45) is 0 Å². The number of furan rings is 1. The highest BCUT2D eigenvalue weighted by molar-refractivity contribution is 7.99.